The van der Waals surface area contributed by atoms with Gasteiger partial charge < -0.3 is 4.90 Å². The minimum Gasteiger partial charge on any atom is -0.342 e. The quantitative estimate of drug-likeness (QED) is 0.832. The maximum Gasteiger partial charge on any atom is 0.226 e. The van der Waals surface area contributed by atoms with Gasteiger partial charge in [-0.15, -0.1) is 0 Å². The molecule has 4 rings (SSSR count). The molecule has 1 amide bonds. The average Bonchev–Trinajstić information content (AvgIpc) is 3.11. The summed E-state index contributed by atoms with van der Waals surface area (Å²) >= 11 is 0. The van der Waals surface area contributed by atoms with E-state index in [4.69, 9.17) is 0 Å². The summed E-state index contributed by atoms with van der Waals surface area (Å²) in [7, 11) is 0. The van der Waals surface area contributed by atoms with Crippen LogP contribution < -0.4 is 0 Å². The van der Waals surface area contributed by atoms with Crippen molar-refractivity contribution in [3.63, 3.8) is 0 Å². The van der Waals surface area contributed by atoms with Crippen molar-refractivity contribution >= 4 is 12.0 Å². The number of benzene rings is 1. The summed E-state index contributed by atoms with van der Waals surface area (Å²) < 4.78 is 0. The minimum atomic E-state index is 0.284. The Kier molecular flexibility index (Phi) is 5.21. The van der Waals surface area contributed by atoms with Gasteiger partial charge in [0.25, 0.3) is 0 Å². The third-order valence-corrected chi connectivity index (χ3v) is 6.20. The zero-order chi connectivity index (χ0) is 17.1. The monoisotopic (exact) mass is 338 g/mol. The molecule has 0 aromatic heterocycles. The van der Waals surface area contributed by atoms with Crippen LogP contribution in [0.5, 0.6) is 0 Å². The number of carbonyl (C=O) groups excluding carboxylic acids is 1. The summed E-state index contributed by atoms with van der Waals surface area (Å²) in [6, 6.07) is 9.50. The highest BCUT2D eigenvalue weighted by Gasteiger charge is 2.26. The van der Waals surface area contributed by atoms with E-state index in [-0.39, 0.29) is 5.91 Å². The van der Waals surface area contributed by atoms with Crippen molar-refractivity contribution in [2.24, 2.45) is 0 Å². The summed E-state index contributed by atoms with van der Waals surface area (Å²) in [6.07, 6.45) is 11.9. The van der Waals surface area contributed by atoms with Crippen LogP contribution in [-0.2, 0) is 11.2 Å². The molecule has 25 heavy (non-hydrogen) atoms. The van der Waals surface area contributed by atoms with Crippen LogP contribution in [0.25, 0.3) is 6.08 Å². The third kappa shape index (κ3) is 4.14. The van der Waals surface area contributed by atoms with Gasteiger partial charge >= 0.3 is 0 Å². The molecule has 134 valence electrons. The van der Waals surface area contributed by atoms with Gasteiger partial charge in [-0.1, -0.05) is 42.3 Å². The van der Waals surface area contributed by atoms with Crippen molar-refractivity contribution in [2.75, 3.05) is 26.2 Å². The van der Waals surface area contributed by atoms with Gasteiger partial charge in [-0.2, -0.15) is 0 Å². The van der Waals surface area contributed by atoms with Gasteiger partial charge in [-0.25, -0.2) is 0 Å². The van der Waals surface area contributed by atoms with Gasteiger partial charge in [-0.05, 0) is 49.7 Å². The van der Waals surface area contributed by atoms with E-state index in [2.05, 4.69) is 35.2 Å². The van der Waals surface area contributed by atoms with E-state index in [0.717, 1.165) is 37.5 Å². The van der Waals surface area contributed by atoms with E-state index in [0.29, 0.717) is 6.42 Å². The predicted molar refractivity (Wildman–Crippen MR) is 102 cm³/mol. The first-order chi connectivity index (χ1) is 12.3. The van der Waals surface area contributed by atoms with Gasteiger partial charge in [0.05, 0.1) is 6.42 Å². The lowest BCUT2D eigenvalue weighted by molar-refractivity contribution is -0.129. The fourth-order valence-electron chi connectivity index (χ4n) is 4.29. The van der Waals surface area contributed by atoms with Crippen molar-refractivity contribution in [1.29, 1.82) is 0 Å². The topological polar surface area (TPSA) is 23.6 Å². The van der Waals surface area contributed by atoms with Crippen LogP contribution in [0.1, 0.15) is 56.1 Å². The summed E-state index contributed by atoms with van der Waals surface area (Å²) in [6.45, 7) is 4.36. The lowest BCUT2D eigenvalue weighted by Crippen LogP contribution is -2.43. The largest absolute Gasteiger partial charge is 0.342 e. The number of hydrogen-bond donors (Lipinski definition) is 0. The Hall–Kier alpha value is -1.61. The number of piperidine rings is 1. The number of hydrogen-bond acceptors (Lipinski definition) is 2. The van der Waals surface area contributed by atoms with Crippen LogP contribution in [0.2, 0.25) is 0 Å². The van der Waals surface area contributed by atoms with Crippen LogP contribution in [0, 0.1) is 0 Å². The van der Waals surface area contributed by atoms with Crippen LogP contribution in [-0.4, -0.2) is 47.9 Å². The van der Waals surface area contributed by atoms with Crippen molar-refractivity contribution in [3.8, 4) is 0 Å². The van der Waals surface area contributed by atoms with E-state index in [1.165, 1.54) is 50.8 Å². The fourth-order valence-corrected chi connectivity index (χ4v) is 4.29. The second kappa shape index (κ2) is 7.74. The van der Waals surface area contributed by atoms with E-state index < -0.39 is 0 Å². The molecule has 0 unspecified atom stereocenters. The Labute approximate surface area is 151 Å². The van der Waals surface area contributed by atoms with Crippen molar-refractivity contribution in [2.45, 2.75) is 57.4 Å². The highest BCUT2D eigenvalue weighted by atomic mass is 16.2. The predicted octanol–water partition coefficient (Wildman–Crippen LogP) is 3.88. The number of likely N-dealkylation sites (tertiary alicyclic amines) is 2. The molecule has 1 aromatic carbocycles. The Morgan fingerprint density at radius 2 is 1.64 bits per heavy atom. The Morgan fingerprint density at radius 3 is 2.24 bits per heavy atom. The molecule has 1 aliphatic carbocycles. The number of carbonyl (C=O) groups is 1. The maximum atomic E-state index is 12.2. The summed E-state index contributed by atoms with van der Waals surface area (Å²) in [5, 5.41) is 0. The summed E-state index contributed by atoms with van der Waals surface area (Å²) in [5.41, 5.74) is 4.00. The van der Waals surface area contributed by atoms with Crippen LogP contribution in [0.3, 0.4) is 0 Å². The molecule has 0 bridgehead atoms. The van der Waals surface area contributed by atoms with Gasteiger partial charge in [-0.3, -0.25) is 9.69 Å². The second-order valence-electron chi connectivity index (χ2n) is 7.93. The Bertz CT molecular complexity index is 614. The molecule has 1 aromatic rings. The molecule has 2 heterocycles. The molecule has 3 aliphatic rings. The fraction of sp³-hybridized carbons (Fsp3) is 0.591. The highest BCUT2D eigenvalue weighted by molar-refractivity contribution is 5.79. The zero-order valence-electron chi connectivity index (χ0n) is 15.3. The number of nitrogens with zero attached hydrogens (tertiary/aromatic N) is 2. The summed E-state index contributed by atoms with van der Waals surface area (Å²) in [5.74, 6) is 0.284. The normalized spacial score (nSPS) is 22.1. The maximum absolute atomic E-state index is 12.2. The lowest BCUT2D eigenvalue weighted by atomic mass is 9.89. The van der Waals surface area contributed by atoms with Crippen LogP contribution >= 0.6 is 0 Å². The number of amides is 1. The highest BCUT2D eigenvalue weighted by Crippen LogP contribution is 2.29. The van der Waals surface area contributed by atoms with E-state index >= 15 is 0 Å². The molecule has 0 N–H and O–H groups in total. The molecule has 3 heteroatoms. The molecule has 0 radical (unpaired) electrons. The molecule has 2 aliphatic heterocycles. The SMILES string of the molecule is O=C(Cc1ccc(C=C2CCN(C3CCC3)CC2)cc1)N1CCCC1. The molecular weight excluding hydrogens is 308 g/mol. The van der Waals surface area contributed by atoms with Gasteiger partial charge in [0.15, 0.2) is 0 Å². The minimum absolute atomic E-state index is 0.284. The molecule has 1 saturated carbocycles. The van der Waals surface area contributed by atoms with E-state index in [1.807, 2.05) is 4.90 Å². The van der Waals surface area contributed by atoms with Crippen LogP contribution in [0.15, 0.2) is 29.8 Å². The van der Waals surface area contributed by atoms with Crippen molar-refractivity contribution in [3.05, 3.63) is 41.0 Å². The molecular formula is C22H30N2O. The van der Waals surface area contributed by atoms with Crippen molar-refractivity contribution in [1.82, 2.24) is 9.80 Å². The first-order valence-corrected chi connectivity index (χ1v) is 10.1. The van der Waals surface area contributed by atoms with Gasteiger partial charge in [0.1, 0.15) is 0 Å². The lowest BCUT2D eigenvalue weighted by Gasteiger charge is -2.40. The average molecular weight is 338 g/mol. The van der Waals surface area contributed by atoms with Gasteiger partial charge in [0, 0.05) is 32.2 Å². The van der Waals surface area contributed by atoms with E-state index in [1.54, 1.807) is 5.57 Å². The zero-order valence-corrected chi connectivity index (χ0v) is 15.3. The molecule has 0 atom stereocenters. The van der Waals surface area contributed by atoms with Crippen molar-refractivity contribution < 1.29 is 4.79 Å². The second-order valence-corrected chi connectivity index (χ2v) is 7.93. The first-order valence-electron chi connectivity index (χ1n) is 10.1. The standard InChI is InChI=1S/C22H30N2O/c25-22(24-12-1-2-13-24)17-19-8-6-18(7-9-19)16-20-10-14-23(15-11-20)21-4-3-5-21/h6-9,16,21H,1-5,10-15,17H2. The molecule has 3 nitrogen and oxygen atoms in total. The number of rotatable bonds is 4. The smallest absolute Gasteiger partial charge is 0.226 e. The Balaban J connectivity index is 1.30. The Morgan fingerprint density at radius 1 is 0.960 bits per heavy atom. The molecule has 2 saturated heterocycles. The molecule has 3 fully saturated rings. The summed E-state index contributed by atoms with van der Waals surface area (Å²) in [4.78, 5) is 16.9. The molecule has 0 spiro atoms. The van der Waals surface area contributed by atoms with Crippen LogP contribution in [0.4, 0.5) is 0 Å². The third-order valence-electron chi connectivity index (χ3n) is 6.20. The van der Waals surface area contributed by atoms with E-state index in [9.17, 15) is 4.79 Å². The first kappa shape index (κ1) is 16.8. The van der Waals surface area contributed by atoms with Gasteiger partial charge in [0.2, 0.25) is 5.91 Å².